The number of carbonyl (C=O) groups excluding carboxylic acids is 3. The van der Waals surface area contributed by atoms with Crippen LogP contribution in [-0.4, -0.2) is 37.7 Å². The van der Waals surface area contributed by atoms with Crippen LogP contribution in [-0.2, 0) is 28.3 Å². The van der Waals surface area contributed by atoms with Crippen LogP contribution < -0.4 is 0 Å². The van der Waals surface area contributed by atoms with Gasteiger partial charge in [0.1, 0.15) is 17.3 Å². The molecule has 0 saturated heterocycles. The van der Waals surface area contributed by atoms with Crippen LogP contribution in [0.2, 0.25) is 16.6 Å². The van der Waals surface area contributed by atoms with Crippen LogP contribution in [0.15, 0.2) is 11.8 Å². The number of rotatable bonds is 11. The predicted octanol–water partition coefficient (Wildman–Crippen LogP) is 5.07. The molecule has 0 spiro atoms. The normalized spacial score (nSPS) is 17.8. The first-order valence-corrected chi connectivity index (χ1v) is 12.7. The Balaban J connectivity index is 2.67. The minimum Gasteiger partial charge on any atom is -0.456 e. The second-order valence-corrected chi connectivity index (χ2v) is 14.8. The van der Waals surface area contributed by atoms with E-state index in [9.17, 15) is 14.4 Å². The second kappa shape index (κ2) is 10.0. The maximum atomic E-state index is 12.5. The standard InChI is InChI=1S/C22H38O6Si/c1-14(2)29(15(3)4,16(5)6)28-17(7)10-18(23)11-19(24)12-20-13-21(25)27-22(8,9)26-20/h13-17H,10-12H2,1-9H3/t17-/m1/s1. The first-order valence-electron chi connectivity index (χ1n) is 10.5. The number of allylic oxidation sites excluding steroid dienone is 1. The minimum atomic E-state index is -2.07. The van der Waals surface area contributed by atoms with Gasteiger partial charge in [0.05, 0.1) is 18.9 Å². The monoisotopic (exact) mass is 426 g/mol. The number of esters is 1. The summed E-state index contributed by atoms with van der Waals surface area (Å²) >= 11 is 0. The Morgan fingerprint density at radius 2 is 1.48 bits per heavy atom. The summed E-state index contributed by atoms with van der Waals surface area (Å²) in [5.41, 5.74) is 1.29. The van der Waals surface area contributed by atoms with Gasteiger partial charge in [0.25, 0.3) is 0 Å². The SMILES string of the molecule is CC(C)[Si](O[C@H](C)CC(=O)CC(=O)CC1=CC(=O)OC(C)(C)O1)(C(C)C)C(C)C. The van der Waals surface area contributed by atoms with Crippen LogP contribution in [0.25, 0.3) is 0 Å². The van der Waals surface area contributed by atoms with E-state index in [1.807, 2.05) is 6.92 Å². The van der Waals surface area contributed by atoms with E-state index < -0.39 is 20.1 Å². The molecule has 1 rings (SSSR count). The van der Waals surface area contributed by atoms with E-state index >= 15 is 0 Å². The predicted molar refractivity (Wildman–Crippen MR) is 115 cm³/mol. The number of ketones is 2. The number of Topliss-reactive ketones (excluding diaryl/α,β-unsaturated/α-hetero) is 2. The third-order valence-electron chi connectivity index (χ3n) is 5.40. The molecule has 0 N–H and O–H groups in total. The number of hydrogen-bond acceptors (Lipinski definition) is 6. The Bertz CT molecular complexity index is 626. The zero-order valence-electron chi connectivity index (χ0n) is 19.5. The van der Waals surface area contributed by atoms with Crippen molar-refractivity contribution in [2.24, 2.45) is 0 Å². The number of hydrogen-bond donors (Lipinski definition) is 0. The van der Waals surface area contributed by atoms with Crippen molar-refractivity contribution in [3.05, 3.63) is 11.8 Å². The Labute approximate surface area is 176 Å². The molecule has 1 atom stereocenters. The molecule has 0 unspecified atom stereocenters. The lowest BCUT2D eigenvalue weighted by Crippen LogP contribution is -2.50. The molecule has 29 heavy (non-hydrogen) atoms. The summed E-state index contributed by atoms with van der Waals surface area (Å²) in [5, 5.41) is 0. The molecule has 0 aliphatic carbocycles. The molecule has 1 aliphatic heterocycles. The maximum Gasteiger partial charge on any atom is 0.337 e. The fourth-order valence-electron chi connectivity index (χ4n) is 4.52. The molecular formula is C22H38O6Si. The number of cyclic esters (lactones) is 1. The molecule has 166 valence electrons. The van der Waals surface area contributed by atoms with E-state index in [0.717, 1.165) is 6.08 Å². The summed E-state index contributed by atoms with van der Waals surface area (Å²) in [6.07, 6.45) is 0.854. The van der Waals surface area contributed by atoms with E-state index in [4.69, 9.17) is 13.9 Å². The topological polar surface area (TPSA) is 78.9 Å². The van der Waals surface area contributed by atoms with Crippen LogP contribution in [0.4, 0.5) is 0 Å². The average Bonchev–Trinajstić information content (AvgIpc) is 2.48. The van der Waals surface area contributed by atoms with Crippen molar-refractivity contribution in [2.75, 3.05) is 0 Å². The smallest absolute Gasteiger partial charge is 0.337 e. The van der Waals surface area contributed by atoms with Gasteiger partial charge in [-0.05, 0) is 23.5 Å². The summed E-state index contributed by atoms with van der Waals surface area (Å²) in [6, 6.07) is 0. The summed E-state index contributed by atoms with van der Waals surface area (Å²) in [7, 11) is -2.07. The van der Waals surface area contributed by atoms with E-state index in [2.05, 4.69) is 41.5 Å². The van der Waals surface area contributed by atoms with Crippen LogP contribution in [0.3, 0.4) is 0 Å². The van der Waals surface area contributed by atoms with Gasteiger partial charge in [-0.1, -0.05) is 41.5 Å². The summed E-state index contributed by atoms with van der Waals surface area (Å²) in [4.78, 5) is 36.3. The van der Waals surface area contributed by atoms with Crippen molar-refractivity contribution in [2.45, 2.75) is 110 Å². The molecule has 1 aliphatic rings. The van der Waals surface area contributed by atoms with E-state index in [-0.39, 0.29) is 42.7 Å². The lowest BCUT2D eigenvalue weighted by atomic mass is 10.1. The van der Waals surface area contributed by atoms with Crippen molar-refractivity contribution >= 4 is 25.9 Å². The third kappa shape index (κ3) is 7.06. The highest BCUT2D eigenvalue weighted by Gasteiger charge is 2.46. The van der Waals surface area contributed by atoms with Gasteiger partial charge in [0, 0.05) is 26.4 Å². The third-order valence-corrected chi connectivity index (χ3v) is 11.6. The van der Waals surface area contributed by atoms with Crippen LogP contribution in [0.5, 0.6) is 0 Å². The molecule has 0 aromatic heterocycles. The largest absolute Gasteiger partial charge is 0.456 e. The van der Waals surface area contributed by atoms with E-state index in [0.29, 0.717) is 16.6 Å². The zero-order chi connectivity index (χ0) is 22.6. The minimum absolute atomic E-state index is 0.0951. The Hall–Kier alpha value is -1.47. The molecule has 0 fully saturated rings. The fourth-order valence-corrected chi connectivity index (χ4v) is 10.1. The van der Waals surface area contributed by atoms with E-state index in [1.165, 1.54) is 0 Å². The molecule has 6 nitrogen and oxygen atoms in total. The van der Waals surface area contributed by atoms with Gasteiger partial charge in [-0.3, -0.25) is 9.59 Å². The van der Waals surface area contributed by atoms with Crippen LogP contribution in [0, 0.1) is 0 Å². The molecule has 0 aromatic carbocycles. The molecule has 7 heteroatoms. The average molecular weight is 427 g/mol. The lowest BCUT2D eigenvalue weighted by Gasteiger charge is -2.44. The van der Waals surface area contributed by atoms with Crippen molar-refractivity contribution in [1.29, 1.82) is 0 Å². The highest BCUT2D eigenvalue weighted by Crippen LogP contribution is 2.43. The lowest BCUT2D eigenvalue weighted by molar-refractivity contribution is -0.205. The van der Waals surface area contributed by atoms with Gasteiger partial charge in [-0.25, -0.2) is 4.79 Å². The summed E-state index contributed by atoms with van der Waals surface area (Å²) < 4.78 is 17.1. The van der Waals surface area contributed by atoms with Crippen LogP contribution >= 0.6 is 0 Å². The zero-order valence-corrected chi connectivity index (χ0v) is 20.5. The Kier molecular flexibility index (Phi) is 8.84. The van der Waals surface area contributed by atoms with Crippen LogP contribution in [0.1, 0.15) is 81.6 Å². The number of ether oxygens (including phenoxy) is 2. The fraction of sp³-hybridized carbons (Fsp3) is 0.773. The van der Waals surface area contributed by atoms with Crippen molar-refractivity contribution < 1.29 is 28.3 Å². The van der Waals surface area contributed by atoms with Gasteiger partial charge < -0.3 is 13.9 Å². The van der Waals surface area contributed by atoms with Crippen molar-refractivity contribution in [3.63, 3.8) is 0 Å². The van der Waals surface area contributed by atoms with Crippen molar-refractivity contribution in [3.8, 4) is 0 Å². The highest BCUT2D eigenvalue weighted by atomic mass is 28.4. The molecule has 0 bridgehead atoms. The Morgan fingerprint density at radius 3 is 1.93 bits per heavy atom. The molecular weight excluding hydrogens is 388 g/mol. The van der Waals surface area contributed by atoms with Gasteiger partial charge >= 0.3 is 5.97 Å². The first kappa shape index (κ1) is 25.6. The van der Waals surface area contributed by atoms with Gasteiger partial charge in [-0.2, -0.15) is 0 Å². The second-order valence-electron chi connectivity index (χ2n) is 9.41. The highest BCUT2D eigenvalue weighted by molar-refractivity contribution is 6.77. The van der Waals surface area contributed by atoms with Crippen molar-refractivity contribution in [1.82, 2.24) is 0 Å². The van der Waals surface area contributed by atoms with Gasteiger partial charge in [0.2, 0.25) is 14.1 Å². The van der Waals surface area contributed by atoms with E-state index in [1.54, 1.807) is 13.8 Å². The summed E-state index contributed by atoms with van der Waals surface area (Å²) in [5.74, 6) is -1.85. The molecule has 0 radical (unpaired) electrons. The van der Waals surface area contributed by atoms with Gasteiger partial charge in [0.15, 0.2) is 0 Å². The first-order chi connectivity index (χ1) is 13.2. The number of carbonyl (C=O) groups is 3. The summed E-state index contributed by atoms with van der Waals surface area (Å²) in [6.45, 7) is 18.3. The quantitative estimate of drug-likeness (QED) is 0.261. The molecule has 0 aromatic rings. The molecule has 0 saturated carbocycles. The van der Waals surface area contributed by atoms with Gasteiger partial charge in [-0.15, -0.1) is 0 Å². The molecule has 1 heterocycles. The molecule has 0 amide bonds. The maximum absolute atomic E-state index is 12.5. The Morgan fingerprint density at radius 1 is 0.966 bits per heavy atom.